The maximum absolute atomic E-state index is 5.24. The van der Waals surface area contributed by atoms with Gasteiger partial charge in [0.15, 0.2) is 4.77 Å². The largest absolute Gasteiger partial charge is 0.298 e. The number of nitrogens with one attached hydrogen (secondary N) is 1. The third kappa shape index (κ3) is 1.24. The van der Waals surface area contributed by atoms with Gasteiger partial charge in [0, 0.05) is 12.0 Å². The average Bonchev–Trinajstić information content (AvgIpc) is 2.85. The molecule has 1 fully saturated rings. The third-order valence-corrected chi connectivity index (χ3v) is 3.29. The van der Waals surface area contributed by atoms with Gasteiger partial charge in [0.1, 0.15) is 5.82 Å². The van der Waals surface area contributed by atoms with Crippen molar-refractivity contribution in [2.75, 3.05) is 0 Å². The Morgan fingerprint density at radius 2 is 2.23 bits per heavy atom. The van der Waals surface area contributed by atoms with Crippen molar-refractivity contribution in [2.45, 2.75) is 45.1 Å². The SMILES string of the molecule is CCc1n[nH]c(=S)n1C1(CC)CC1. The van der Waals surface area contributed by atoms with Crippen LogP contribution in [0.1, 0.15) is 38.9 Å². The Bertz CT molecular complexity index is 359. The molecule has 4 heteroatoms. The first-order valence-electron chi connectivity index (χ1n) is 4.90. The molecule has 0 spiro atoms. The molecule has 13 heavy (non-hydrogen) atoms. The van der Waals surface area contributed by atoms with Crippen molar-refractivity contribution in [3.8, 4) is 0 Å². The minimum Gasteiger partial charge on any atom is -0.298 e. The van der Waals surface area contributed by atoms with Crippen LogP contribution in [0, 0.1) is 4.77 Å². The van der Waals surface area contributed by atoms with Crippen molar-refractivity contribution < 1.29 is 0 Å². The van der Waals surface area contributed by atoms with Crippen molar-refractivity contribution in [3.05, 3.63) is 10.6 Å². The van der Waals surface area contributed by atoms with Gasteiger partial charge in [-0.1, -0.05) is 13.8 Å². The summed E-state index contributed by atoms with van der Waals surface area (Å²) < 4.78 is 3.01. The number of hydrogen-bond acceptors (Lipinski definition) is 2. The molecule has 1 aliphatic carbocycles. The van der Waals surface area contributed by atoms with Crippen LogP contribution in [0.3, 0.4) is 0 Å². The molecule has 1 aromatic heterocycles. The zero-order valence-electron chi connectivity index (χ0n) is 8.13. The van der Waals surface area contributed by atoms with E-state index in [1.807, 2.05) is 0 Å². The molecule has 0 atom stereocenters. The van der Waals surface area contributed by atoms with Crippen LogP contribution in [0.25, 0.3) is 0 Å². The standard InChI is InChI=1S/C9H15N3S/c1-3-7-10-11-8(13)12(7)9(4-2)5-6-9/h3-6H2,1-2H3,(H,11,13). The summed E-state index contributed by atoms with van der Waals surface area (Å²) in [5.41, 5.74) is 0.315. The summed E-state index contributed by atoms with van der Waals surface area (Å²) in [5.74, 6) is 1.10. The van der Waals surface area contributed by atoms with Gasteiger partial charge >= 0.3 is 0 Å². The van der Waals surface area contributed by atoms with Crippen LogP contribution < -0.4 is 0 Å². The lowest BCUT2D eigenvalue weighted by Gasteiger charge is -2.16. The van der Waals surface area contributed by atoms with E-state index in [1.165, 1.54) is 12.8 Å². The van der Waals surface area contributed by atoms with Gasteiger partial charge in [0.2, 0.25) is 0 Å². The maximum Gasteiger partial charge on any atom is 0.195 e. The molecule has 2 rings (SSSR count). The molecule has 0 bridgehead atoms. The number of aryl methyl sites for hydroxylation is 1. The van der Waals surface area contributed by atoms with Gasteiger partial charge in [-0.2, -0.15) is 5.10 Å². The van der Waals surface area contributed by atoms with Gasteiger partial charge in [0.25, 0.3) is 0 Å². The van der Waals surface area contributed by atoms with Crippen molar-refractivity contribution in [3.63, 3.8) is 0 Å². The van der Waals surface area contributed by atoms with Gasteiger partial charge in [0.05, 0.1) is 0 Å². The predicted octanol–water partition coefficient (Wildman–Crippen LogP) is 2.40. The zero-order chi connectivity index (χ0) is 9.47. The molecular weight excluding hydrogens is 182 g/mol. The quantitative estimate of drug-likeness (QED) is 0.755. The summed E-state index contributed by atoms with van der Waals surface area (Å²) >= 11 is 5.24. The summed E-state index contributed by atoms with van der Waals surface area (Å²) in [6.07, 6.45) is 4.62. The first-order chi connectivity index (χ1) is 6.23. The van der Waals surface area contributed by atoms with E-state index in [9.17, 15) is 0 Å². The van der Waals surface area contributed by atoms with Gasteiger partial charge in [-0.25, -0.2) is 0 Å². The molecule has 1 heterocycles. The highest BCUT2D eigenvalue weighted by molar-refractivity contribution is 7.71. The van der Waals surface area contributed by atoms with E-state index in [0.717, 1.165) is 23.4 Å². The molecule has 0 aromatic carbocycles. The fraction of sp³-hybridized carbons (Fsp3) is 0.778. The van der Waals surface area contributed by atoms with Crippen LogP contribution in [0.5, 0.6) is 0 Å². The highest BCUT2D eigenvalue weighted by Crippen LogP contribution is 2.47. The third-order valence-electron chi connectivity index (χ3n) is 3.02. The molecule has 0 amide bonds. The highest BCUT2D eigenvalue weighted by atomic mass is 32.1. The molecule has 1 aliphatic rings. The molecule has 3 nitrogen and oxygen atoms in total. The van der Waals surface area contributed by atoms with Crippen molar-refractivity contribution in [1.82, 2.24) is 14.8 Å². The second-order valence-electron chi connectivity index (χ2n) is 3.71. The summed E-state index contributed by atoms with van der Waals surface area (Å²) in [7, 11) is 0. The molecule has 0 saturated heterocycles. The fourth-order valence-electron chi connectivity index (χ4n) is 1.94. The Kier molecular flexibility index (Phi) is 2.02. The van der Waals surface area contributed by atoms with Crippen LogP contribution in [-0.2, 0) is 12.0 Å². The first kappa shape index (κ1) is 8.94. The van der Waals surface area contributed by atoms with Crippen LogP contribution in [0.4, 0.5) is 0 Å². The van der Waals surface area contributed by atoms with Crippen LogP contribution >= 0.6 is 12.2 Å². The smallest absolute Gasteiger partial charge is 0.195 e. The lowest BCUT2D eigenvalue weighted by molar-refractivity contribution is 0.443. The molecule has 1 aromatic rings. The summed E-state index contributed by atoms with van der Waals surface area (Å²) in [6, 6.07) is 0. The number of H-pyrrole nitrogens is 1. The number of aromatic amines is 1. The molecule has 0 unspecified atom stereocenters. The van der Waals surface area contributed by atoms with E-state index < -0.39 is 0 Å². The Labute approximate surface area is 83.2 Å². The molecule has 0 radical (unpaired) electrons. The number of hydrogen-bond donors (Lipinski definition) is 1. The minimum atomic E-state index is 0.315. The van der Waals surface area contributed by atoms with E-state index in [2.05, 4.69) is 28.6 Å². The van der Waals surface area contributed by atoms with Crippen LogP contribution in [0.2, 0.25) is 0 Å². The fourth-order valence-corrected chi connectivity index (χ4v) is 2.28. The van der Waals surface area contributed by atoms with Gasteiger partial charge in [-0.05, 0) is 31.5 Å². The molecule has 72 valence electrons. The van der Waals surface area contributed by atoms with E-state index in [1.54, 1.807) is 0 Å². The molecule has 0 aliphatic heterocycles. The van der Waals surface area contributed by atoms with Gasteiger partial charge < -0.3 is 0 Å². The summed E-state index contributed by atoms with van der Waals surface area (Å²) in [5, 5.41) is 7.12. The highest BCUT2D eigenvalue weighted by Gasteiger charge is 2.44. The molecule has 1 saturated carbocycles. The second-order valence-corrected chi connectivity index (χ2v) is 4.10. The van der Waals surface area contributed by atoms with Crippen molar-refractivity contribution in [2.24, 2.45) is 0 Å². The van der Waals surface area contributed by atoms with Crippen LogP contribution in [-0.4, -0.2) is 14.8 Å². The van der Waals surface area contributed by atoms with E-state index in [4.69, 9.17) is 12.2 Å². The monoisotopic (exact) mass is 197 g/mol. The summed E-state index contributed by atoms with van der Waals surface area (Å²) in [4.78, 5) is 0. The zero-order valence-corrected chi connectivity index (χ0v) is 8.95. The number of aromatic nitrogens is 3. The van der Waals surface area contributed by atoms with Crippen molar-refractivity contribution in [1.29, 1.82) is 0 Å². The van der Waals surface area contributed by atoms with Gasteiger partial charge in [-0.3, -0.25) is 9.67 Å². The Hall–Kier alpha value is -0.640. The van der Waals surface area contributed by atoms with Gasteiger partial charge in [-0.15, -0.1) is 0 Å². The first-order valence-corrected chi connectivity index (χ1v) is 5.31. The van der Waals surface area contributed by atoms with Crippen LogP contribution in [0.15, 0.2) is 0 Å². The topological polar surface area (TPSA) is 33.6 Å². The Balaban J connectivity index is 2.49. The Morgan fingerprint density at radius 3 is 2.69 bits per heavy atom. The van der Waals surface area contributed by atoms with E-state index in [-0.39, 0.29) is 0 Å². The van der Waals surface area contributed by atoms with Crippen molar-refractivity contribution >= 4 is 12.2 Å². The second kappa shape index (κ2) is 2.94. The lowest BCUT2D eigenvalue weighted by Crippen LogP contribution is -2.18. The number of rotatable bonds is 3. The molecular formula is C9H15N3S. The lowest BCUT2D eigenvalue weighted by atomic mass is 10.2. The predicted molar refractivity (Wildman–Crippen MR) is 54.3 cm³/mol. The number of nitrogens with zero attached hydrogens (tertiary/aromatic N) is 2. The summed E-state index contributed by atoms with van der Waals surface area (Å²) in [6.45, 7) is 4.34. The van der Waals surface area contributed by atoms with E-state index in [0.29, 0.717) is 5.54 Å². The normalized spacial score (nSPS) is 18.9. The minimum absolute atomic E-state index is 0.315. The van der Waals surface area contributed by atoms with E-state index >= 15 is 0 Å². The maximum atomic E-state index is 5.24. The Morgan fingerprint density at radius 1 is 1.54 bits per heavy atom. The molecule has 1 N–H and O–H groups in total. The average molecular weight is 197 g/mol.